The highest BCUT2D eigenvalue weighted by Crippen LogP contribution is 2.31. The van der Waals surface area contributed by atoms with Gasteiger partial charge in [0, 0.05) is 29.7 Å². The van der Waals surface area contributed by atoms with Gasteiger partial charge in [-0.05, 0) is 31.8 Å². The van der Waals surface area contributed by atoms with Crippen molar-refractivity contribution < 1.29 is 0 Å². The standard InChI is InChI=1S/C17H23N3S/c1-13-3-5-14(6-4-13)16-19-9-15(21-16)10-20-8-7-17(2,11-18)12-20/h3-6,9H,7-8,10-12,18H2,1-2H3. The Morgan fingerprint density at radius 3 is 2.76 bits per heavy atom. The Hall–Kier alpha value is -1.23. The summed E-state index contributed by atoms with van der Waals surface area (Å²) in [7, 11) is 0. The first-order valence-electron chi connectivity index (χ1n) is 7.52. The molecule has 0 bridgehead atoms. The van der Waals surface area contributed by atoms with Gasteiger partial charge in [-0.15, -0.1) is 11.3 Å². The lowest BCUT2D eigenvalue weighted by atomic mass is 9.90. The number of aromatic nitrogens is 1. The van der Waals surface area contributed by atoms with Crippen LogP contribution in [0.25, 0.3) is 10.6 Å². The summed E-state index contributed by atoms with van der Waals surface area (Å²) >= 11 is 1.80. The quantitative estimate of drug-likeness (QED) is 0.942. The van der Waals surface area contributed by atoms with Crippen LogP contribution in [-0.2, 0) is 6.54 Å². The molecule has 1 aliphatic heterocycles. The molecule has 1 saturated heterocycles. The van der Waals surface area contributed by atoms with Crippen molar-refractivity contribution in [1.82, 2.24) is 9.88 Å². The molecule has 1 aromatic carbocycles. The summed E-state index contributed by atoms with van der Waals surface area (Å²) in [5.41, 5.74) is 8.67. The highest BCUT2D eigenvalue weighted by atomic mass is 32.1. The first-order valence-corrected chi connectivity index (χ1v) is 8.34. The van der Waals surface area contributed by atoms with E-state index in [1.54, 1.807) is 11.3 Å². The van der Waals surface area contributed by atoms with Crippen molar-refractivity contribution in [2.75, 3.05) is 19.6 Å². The maximum absolute atomic E-state index is 5.88. The van der Waals surface area contributed by atoms with Crippen LogP contribution in [0.4, 0.5) is 0 Å². The van der Waals surface area contributed by atoms with Gasteiger partial charge in [0.1, 0.15) is 5.01 Å². The topological polar surface area (TPSA) is 42.2 Å². The monoisotopic (exact) mass is 301 g/mol. The van der Waals surface area contributed by atoms with E-state index >= 15 is 0 Å². The maximum atomic E-state index is 5.88. The zero-order valence-electron chi connectivity index (χ0n) is 12.8. The van der Waals surface area contributed by atoms with Crippen molar-refractivity contribution in [2.45, 2.75) is 26.8 Å². The largest absolute Gasteiger partial charge is 0.330 e. The van der Waals surface area contributed by atoms with Crippen LogP contribution in [0.5, 0.6) is 0 Å². The van der Waals surface area contributed by atoms with E-state index in [0.717, 1.165) is 31.2 Å². The molecule has 2 aromatic rings. The Morgan fingerprint density at radius 2 is 2.10 bits per heavy atom. The van der Waals surface area contributed by atoms with E-state index in [2.05, 4.69) is 48.0 Å². The summed E-state index contributed by atoms with van der Waals surface area (Å²) in [6.45, 7) is 8.42. The molecule has 3 rings (SSSR count). The molecule has 112 valence electrons. The minimum absolute atomic E-state index is 0.296. The van der Waals surface area contributed by atoms with Gasteiger partial charge in [-0.3, -0.25) is 4.90 Å². The summed E-state index contributed by atoms with van der Waals surface area (Å²) in [4.78, 5) is 8.42. The predicted octanol–water partition coefficient (Wildman–Crippen LogP) is 3.29. The van der Waals surface area contributed by atoms with Crippen LogP contribution in [0.1, 0.15) is 23.8 Å². The first kappa shape index (κ1) is 14.7. The molecule has 0 saturated carbocycles. The van der Waals surface area contributed by atoms with Gasteiger partial charge in [0.15, 0.2) is 0 Å². The average Bonchev–Trinajstić information content (AvgIpc) is 3.08. The van der Waals surface area contributed by atoms with Crippen molar-refractivity contribution in [3.05, 3.63) is 40.9 Å². The van der Waals surface area contributed by atoms with E-state index < -0.39 is 0 Å². The molecule has 0 radical (unpaired) electrons. The summed E-state index contributed by atoms with van der Waals surface area (Å²) < 4.78 is 0. The molecule has 21 heavy (non-hydrogen) atoms. The Bertz CT molecular complexity index is 605. The van der Waals surface area contributed by atoms with Crippen LogP contribution in [0.3, 0.4) is 0 Å². The Balaban J connectivity index is 1.67. The smallest absolute Gasteiger partial charge is 0.123 e. The molecule has 0 aliphatic carbocycles. The molecule has 0 amide bonds. The lowest BCUT2D eigenvalue weighted by Gasteiger charge is -2.22. The zero-order chi connectivity index (χ0) is 14.9. The van der Waals surface area contributed by atoms with E-state index in [1.807, 2.05) is 6.20 Å². The Labute approximate surface area is 130 Å². The minimum atomic E-state index is 0.296. The lowest BCUT2D eigenvalue weighted by Crippen LogP contribution is -2.30. The highest BCUT2D eigenvalue weighted by Gasteiger charge is 2.32. The number of hydrogen-bond acceptors (Lipinski definition) is 4. The fourth-order valence-corrected chi connectivity index (χ4v) is 3.82. The molecule has 1 aliphatic rings. The van der Waals surface area contributed by atoms with E-state index in [9.17, 15) is 0 Å². The number of thiazole rings is 1. The van der Waals surface area contributed by atoms with E-state index in [1.165, 1.54) is 22.4 Å². The second-order valence-corrected chi connectivity index (χ2v) is 7.59. The molecular weight excluding hydrogens is 278 g/mol. The third-order valence-electron chi connectivity index (χ3n) is 4.36. The van der Waals surface area contributed by atoms with E-state index in [4.69, 9.17) is 5.73 Å². The summed E-state index contributed by atoms with van der Waals surface area (Å²) in [5, 5.41) is 1.12. The van der Waals surface area contributed by atoms with Crippen molar-refractivity contribution >= 4 is 11.3 Å². The Kier molecular flexibility index (Phi) is 4.11. The summed E-state index contributed by atoms with van der Waals surface area (Å²) in [6.07, 6.45) is 3.23. The average molecular weight is 301 g/mol. The number of benzene rings is 1. The molecule has 1 aromatic heterocycles. The number of hydrogen-bond donors (Lipinski definition) is 1. The number of rotatable bonds is 4. The van der Waals surface area contributed by atoms with Gasteiger partial charge in [0.25, 0.3) is 0 Å². The van der Waals surface area contributed by atoms with E-state index in [0.29, 0.717) is 5.41 Å². The van der Waals surface area contributed by atoms with E-state index in [-0.39, 0.29) is 0 Å². The first-order chi connectivity index (χ1) is 10.1. The van der Waals surface area contributed by atoms with Crippen LogP contribution >= 0.6 is 11.3 Å². The molecule has 1 atom stereocenters. The Morgan fingerprint density at radius 1 is 1.33 bits per heavy atom. The molecule has 3 nitrogen and oxygen atoms in total. The van der Waals surface area contributed by atoms with Gasteiger partial charge < -0.3 is 5.73 Å². The summed E-state index contributed by atoms with van der Waals surface area (Å²) in [5.74, 6) is 0. The van der Waals surface area contributed by atoms with Crippen LogP contribution < -0.4 is 5.73 Å². The third kappa shape index (κ3) is 3.34. The number of aryl methyl sites for hydroxylation is 1. The molecule has 2 N–H and O–H groups in total. The second-order valence-electron chi connectivity index (χ2n) is 6.47. The van der Waals surface area contributed by atoms with Gasteiger partial charge in [0.2, 0.25) is 0 Å². The number of likely N-dealkylation sites (tertiary alicyclic amines) is 1. The van der Waals surface area contributed by atoms with Crippen LogP contribution in [0.15, 0.2) is 30.5 Å². The summed E-state index contributed by atoms with van der Waals surface area (Å²) in [6, 6.07) is 8.59. The molecular formula is C17H23N3S. The van der Waals surface area contributed by atoms with Gasteiger partial charge >= 0.3 is 0 Å². The van der Waals surface area contributed by atoms with Crippen LogP contribution in [-0.4, -0.2) is 29.5 Å². The number of nitrogens with zero attached hydrogens (tertiary/aromatic N) is 2. The van der Waals surface area contributed by atoms with Crippen LogP contribution in [0.2, 0.25) is 0 Å². The number of nitrogens with two attached hydrogens (primary N) is 1. The highest BCUT2D eigenvalue weighted by molar-refractivity contribution is 7.15. The van der Waals surface area contributed by atoms with Gasteiger partial charge in [0.05, 0.1) is 0 Å². The van der Waals surface area contributed by atoms with Crippen LogP contribution in [0, 0.1) is 12.3 Å². The van der Waals surface area contributed by atoms with Gasteiger partial charge in [-0.2, -0.15) is 0 Å². The predicted molar refractivity (Wildman–Crippen MR) is 89.3 cm³/mol. The SMILES string of the molecule is Cc1ccc(-c2ncc(CN3CCC(C)(CN)C3)s2)cc1. The fourth-order valence-electron chi connectivity index (χ4n) is 2.86. The van der Waals surface area contributed by atoms with Gasteiger partial charge in [-0.1, -0.05) is 36.8 Å². The molecule has 1 fully saturated rings. The second kappa shape index (κ2) is 5.87. The molecule has 1 unspecified atom stereocenters. The zero-order valence-corrected chi connectivity index (χ0v) is 13.6. The lowest BCUT2D eigenvalue weighted by molar-refractivity contribution is 0.276. The maximum Gasteiger partial charge on any atom is 0.123 e. The minimum Gasteiger partial charge on any atom is -0.330 e. The molecule has 2 heterocycles. The fraction of sp³-hybridized carbons (Fsp3) is 0.471. The van der Waals surface area contributed by atoms with Crippen molar-refractivity contribution in [2.24, 2.45) is 11.1 Å². The normalized spacial score (nSPS) is 22.8. The van der Waals surface area contributed by atoms with Crippen molar-refractivity contribution in [3.63, 3.8) is 0 Å². The third-order valence-corrected chi connectivity index (χ3v) is 5.39. The van der Waals surface area contributed by atoms with Gasteiger partial charge in [-0.25, -0.2) is 4.98 Å². The van der Waals surface area contributed by atoms with Crippen molar-refractivity contribution in [3.8, 4) is 10.6 Å². The molecule has 4 heteroatoms. The van der Waals surface area contributed by atoms with Crippen molar-refractivity contribution in [1.29, 1.82) is 0 Å². The molecule has 0 spiro atoms.